The van der Waals surface area contributed by atoms with E-state index in [1.807, 2.05) is 36.7 Å². The van der Waals surface area contributed by atoms with Gasteiger partial charge in [0, 0.05) is 32.1 Å². The molecule has 0 saturated carbocycles. The first-order valence-corrected chi connectivity index (χ1v) is 8.01. The van der Waals surface area contributed by atoms with Crippen LogP contribution in [0.3, 0.4) is 0 Å². The number of aliphatic hydroxyl groups excluding tert-OH is 1. The summed E-state index contributed by atoms with van der Waals surface area (Å²) in [5.74, 6) is 0. The average molecular weight is 299 g/mol. The van der Waals surface area contributed by atoms with Crippen molar-refractivity contribution in [3.8, 4) is 0 Å². The Bertz CT molecular complexity index is 463. The minimum atomic E-state index is 0.297. The second kappa shape index (κ2) is 10.0. The van der Waals surface area contributed by atoms with Crippen molar-refractivity contribution in [3.05, 3.63) is 60.2 Å². The van der Waals surface area contributed by atoms with E-state index < -0.39 is 0 Å². The number of aromatic nitrogens is 2. The number of rotatable bonds is 10. The maximum Gasteiger partial charge on any atom is 0.0544 e. The smallest absolute Gasteiger partial charge is 0.0544 e. The third kappa shape index (κ3) is 6.33. The molecule has 4 heteroatoms. The van der Waals surface area contributed by atoms with Crippen molar-refractivity contribution in [1.82, 2.24) is 14.9 Å². The standard InChI is InChI=1S/C18H25N3O/c22-14-8-2-1-7-13-21(15-17-9-3-5-11-19-17)16-18-10-4-6-12-20-18/h3-6,9-12,22H,1-2,7-8,13-16H2. The van der Waals surface area contributed by atoms with Crippen LogP contribution in [0.1, 0.15) is 37.1 Å². The first-order chi connectivity index (χ1) is 10.9. The molecule has 22 heavy (non-hydrogen) atoms. The van der Waals surface area contributed by atoms with Crippen LogP contribution in [-0.2, 0) is 13.1 Å². The molecule has 0 spiro atoms. The van der Waals surface area contributed by atoms with Gasteiger partial charge in [0.15, 0.2) is 0 Å². The molecule has 0 saturated heterocycles. The summed E-state index contributed by atoms with van der Waals surface area (Å²) in [5, 5.41) is 8.84. The molecule has 1 N–H and O–H groups in total. The van der Waals surface area contributed by atoms with E-state index in [0.29, 0.717) is 6.61 Å². The molecule has 0 aliphatic rings. The molecule has 0 atom stereocenters. The number of aliphatic hydroxyl groups is 1. The van der Waals surface area contributed by atoms with E-state index in [2.05, 4.69) is 27.0 Å². The van der Waals surface area contributed by atoms with Crippen LogP contribution < -0.4 is 0 Å². The molecule has 0 aliphatic heterocycles. The van der Waals surface area contributed by atoms with Crippen LogP contribution in [0.2, 0.25) is 0 Å². The lowest BCUT2D eigenvalue weighted by Gasteiger charge is -2.21. The molecule has 0 fully saturated rings. The molecule has 0 amide bonds. The molecule has 0 bridgehead atoms. The van der Waals surface area contributed by atoms with E-state index in [4.69, 9.17) is 5.11 Å². The minimum Gasteiger partial charge on any atom is -0.396 e. The number of hydrogen-bond donors (Lipinski definition) is 1. The lowest BCUT2D eigenvalue weighted by molar-refractivity contribution is 0.240. The highest BCUT2D eigenvalue weighted by Crippen LogP contribution is 2.09. The lowest BCUT2D eigenvalue weighted by Crippen LogP contribution is -2.25. The molecule has 2 aromatic rings. The quantitative estimate of drug-likeness (QED) is 0.685. The van der Waals surface area contributed by atoms with Crippen molar-refractivity contribution in [2.24, 2.45) is 0 Å². The summed E-state index contributed by atoms with van der Waals surface area (Å²) in [4.78, 5) is 11.2. The van der Waals surface area contributed by atoms with Gasteiger partial charge >= 0.3 is 0 Å². The Balaban J connectivity index is 1.88. The molecule has 2 heterocycles. The van der Waals surface area contributed by atoms with Crippen molar-refractivity contribution in [2.75, 3.05) is 13.2 Å². The Labute approximate surface area is 132 Å². The largest absolute Gasteiger partial charge is 0.396 e. The van der Waals surface area contributed by atoms with Gasteiger partial charge in [-0.1, -0.05) is 25.0 Å². The van der Waals surface area contributed by atoms with E-state index >= 15 is 0 Å². The van der Waals surface area contributed by atoms with E-state index in [9.17, 15) is 0 Å². The molecular weight excluding hydrogens is 274 g/mol. The van der Waals surface area contributed by atoms with Gasteiger partial charge in [-0.2, -0.15) is 0 Å². The van der Waals surface area contributed by atoms with Crippen LogP contribution in [0.5, 0.6) is 0 Å². The zero-order valence-corrected chi connectivity index (χ0v) is 13.1. The summed E-state index contributed by atoms with van der Waals surface area (Å²) in [7, 11) is 0. The lowest BCUT2D eigenvalue weighted by atomic mass is 10.2. The Kier molecular flexibility index (Phi) is 7.56. The zero-order chi connectivity index (χ0) is 15.5. The summed E-state index contributed by atoms with van der Waals surface area (Å²) in [6.07, 6.45) is 7.98. The number of nitrogens with zero attached hydrogens (tertiary/aromatic N) is 3. The Morgan fingerprint density at radius 1 is 0.773 bits per heavy atom. The normalized spacial score (nSPS) is 11.0. The van der Waals surface area contributed by atoms with Gasteiger partial charge in [-0.3, -0.25) is 14.9 Å². The molecule has 0 unspecified atom stereocenters. The average Bonchev–Trinajstić information content (AvgIpc) is 2.56. The van der Waals surface area contributed by atoms with E-state index in [0.717, 1.165) is 56.7 Å². The molecule has 0 aliphatic carbocycles. The van der Waals surface area contributed by atoms with Gasteiger partial charge in [0.2, 0.25) is 0 Å². The molecule has 0 aromatic carbocycles. The van der Waals surface area contributed by atoms with Gasteiger partial charge in [0.05, 0.1) is 11.4 Å². The van der Waals surface area contributed by atoms with Gasteiger partial charge in [-0.25, -0.2) is 0 Å². The Hall–Kier alpha value is -1.78. The van der Waals surface area contributed by atoms with Crippen molar-refractivity contribution < 1.29 is 5.11 Å². The number of unbranched alkanes of at least 4 members (excludes halogenated alkanes) is 3. The first-order valence-electron chi connectivity index (χ1n) is 8.01. The highest BCUT2D eigenvalue weighted by atomic mass is 16.2. The topological polar surface area (TPSA) is 49.2 Å². The van der Waals surface area contributed by atoms with E-state index in [-0.39, 0.29) is 0 Å². The number of hydrogen-bond acceptors (Lipinski definition) is 4. The number of pyridine rings is 2. The van der Waals surface area contributed by atoms with Crippen molar-refractivity contribution in [1.29, 1.82) is 0 Å². The maximum atomic E-state index is 8.84. The fraction of sp³-hybridized carbons (Fsp3) is 0.444. The summed E-state index contributed by atoms with van der Waals surface area (Å²) >= 11 is 0. The van der Waals surface area contributed by atoms with Gasteiger partial charge in [0.1, 0.15) is 0 Å². The SMILES string of the molecule is OCCCCCCN(Cc1ccccn1)Cc1ccccn1. The molecular formula is C18H25N3O. The first kappa shape index (κ1) is 16.6. The van der Waals surface area contributed by atoms with Crippen LogP contribution in [0.25, 0.3) is 0 Å². The maximum absolute atomic E-state index is 8.84. The summed E-state index contributed by atoms with van der Waals surface area (Å²) < 4.78 is 0. The molecule has 0 radical (unpaired) electrons. The van der Waals surface area contributed by atoms with E-state index in [1.165, 1.54) is 0 Å². The monoisotopic (exact) mass is 299 g/mol. The van der Waals surface area contributed by atoms with Gasteiger partial charge in [0.25, 0.3) is 0 Å². The van der Waals surface area contributed by atoms with Crippen LogP contribution in [0.15, 0.2) is 48.8 Å². The van der Waals surface area contributed by atoms with Gasteiger partial charge in [-0.15, -0.1) is 0 Å². The summed E-state index contributed by atoms with van der Waals surface area (Å²) in [5.41, 5.74) is 2.18. The van der Waals surface area contributed by atoms with Gasteiger partial charge < -0.3 is 5.11 Å². The second-order valence-corrected chi connectivity index (χ2v) is 5.49. The van der Waals surface area contributed by atoms with Crippen LogP contribution in [0.4, 0.5) is 0 Å². The molecule has 2 aromatic heterocycles. The predicted molar refractivity (Wildman–Crippen MR) is 88.1 cm³/mol. The summed E-state index contributed by atoms with van der Waals surface area (Å²) in [6.45, 7) is 3.01. The van der Waals surface area contributed by atoms with Crippen molar-refractivity contribution >= 4 is 0 Å². The third-order valence-electron chi connectivity index (χ3n) is 3.61. The van der Waals surface area contributed by atoms with E-state index in [1.54, 1.807) is 0 Å². The predicted octanol–water partition coefficient (Wildman–Crippen LogP) is 3.03. The molecule has 118 valence electrons. The second-order valence-electron chi connectivity index (χ2n) is 5.49. The minimum absolute atomic E-state index is 0.297. The highest BCUT2D eigenvalue weighted by Gasteiger charge is 2.08. The molecule has 4 nitrogen and oxygen atoms in total. The van der Waals surface area contributed by atoms with Crippen LogP contribution in [0, 0.1) is 0 Å². The fourth-order valence-corrected chi connectivity index (χ4v) is 2.46. The van der Waals surface area contributed by atoms with Crippen molar-refractivity contribution in [2.45, 2.75) is 38.8 Å². The fourth-order valence-electron chi connectivity index (χ4n) is 2.46. The van der Waals surface area contributed by atoms with Crippen LogP contribution >= 0.6 is 0 Å². The Morgan fingerprint density at radius 2 is 1.36 bits per heavy atom. The molecule has 2 rings (SSSR count). The summed E-state index contributed by atoms with van der Waals surface area (Å²) in [6, 6.07) is 12.1. The van der Waals surface area contributed by atoms with Crippen LogP contribution in [-0.4, -0.2) is 33.1 Å². The van der Waals surface area contributed by atoms with Crippen molar-refractivity contribution in [3.63, 3.8) is 0 Å². The zero-order valence-electron chi connectivity index (χ0n) is 13.1. The Morgan fingerprint density at radius 3 is 1.86 bits per heavy atom. The van der Waals surface area contributed by atoms with Gasteiger partial charge in [-0.05, 0) is 43.7 Å². The third-order valence-corrected chi connectivity index (χ3v) is 3.61. The highest BCUT2D eigenvalue weighted by molar-refractivity contribution is 5.06.